The van der Waals surface area contributed by atoms with Gasteiger partial charge < -0.3 is 21.3 Å². The highest BCUT2D eigenvalue weighted by Gasteiger charge is 2.49. The average Bonchev–Trinajstić information content (AvgIpc) is 3.16. The molecule has 2 aliphatic rings. The number of carbonyl (C=O) groups excluding carboxylic acids is 1. The number of nitrogens with one attached hydrogen (secondary N) is 1. The topological polar surface area (TPSA) is 147 Å². The summed E-state index contributed by atoms with van der Waals surface area (Å²) < 4.78 is 29.9. The highest BCUT2D eigenvalue weighted by atomic mass is 35.5. The number of piperazine rings is 1. The Bertz CT molecular complexity index is 1240. The van der Waals surface area contributed by atoms with Crippen molar-refractivity contribution in [2.45, 2.75) is 36.6 Å². The Morgan fingerprint density at radius 2 is 1.94 bits per heavy atom. The van der Waals surface area contributed by atoms with Crippen LogP contribution in [-0.2, 0) is 14.8 Å². The second-order valence-corrected chi connectivity index (χ2v) is 11.4. The molecule has 2 aromatic rings. The maximum Gasteiger partial charge on any atom is 0.243 e. The zero-order valence-electron chi connectivity index (χ0n) is 19.3. The van der Waals surface area contributed by atoms with Gasteiger partial charge >= 0.3 is 0 Å². The normalized spacial score (nSPS) is 23.9. The number of carbonyl (C=O) groups is 1. The number of fused-ring (bicyclic) bond motifs is 1. The number of amides is 1. The largest absolute Gasteiger partial charge is 0.370 e. The van der Waals surface area contributed by atoms with E-state index < -0.39 is 15.6 Å². The van der Waals surface area contributed by atoms with Crippen LogP contribution in [0.2, 0.25) is 5.02 Å². The Morgan fingerprint density at radius 3 is 2.56 bits per heavy atom. The third kappa shape index (κ3) is 4.83. The quantitative estimate of drug-likeness (QED) is 0.409. The van der Waals surface area contributed by atoms with Crippen molar-refractivity contribution in [3.8, 4) is 0 Å². The van der Waals surface area contributed by atoms with Crippen LogP contribution in [0.4, 0.5) is 5.82 Å². The van der Waals surface area contributed by atoms with Crippen molar-refractivity contribution in [2.75, 3.05) is 33.2 Å². The first-order valence-electron chi connectivity index (χ1n) is 11.2. The number of hydrogen-bond acceptors (Lipinski definition) is 6. The van der Waals surface area contributed by atoms with Crippen LogP contribution < -0.4 is 16.2 Å². The second kappa shape index (κ2) is 9.29. The fourth-order valence-corrected chi connectivity index (χ4v) is 6.44. The smallest absolute Gasteiger partial charge is 0.243 e. The van der Waals surface area contributed by atoms with Crippen LogP contribution >= 0.6 is 11.6 Å². The molecule has 184 valence electrons. The minimum Gasteiger partial charge on any atom is -0.370 e. The number of sulfonamides is 1. The summed E-state index contributed by atoms with van der Waals surface area (Å²) in [6, 6.07) is 4.48. The maximum absolute atomic E-state index is 13.6. The second-order valence-electron chi connectivity index (χ2n) is 9.30. The predicted molar refractivity (Wildman–Crippen MR) is 132 cm³/mol. The molecule has 1 saturated carbocycles. The third-order valence-electron chi connectivity index (χ3n) is 6.63. The Kier molecular flexibility index (Phi) is 6.74. The Balaban J connectivity index is 1.71. The van der Waals surface area contributed by atoms with Crippen molar-refractivity contribution in [3.63, 3.8) is 0 Å². The molecule has 12 heteroatoms. The summed E-state index contributed by atoms with van der Waals surface area (Å²) in [5.74, 6) is 0.0285. The van der Waals surface area contributed by atoms with Crippen molar-refractivity contribution in [1.29, 1.82) is 0 Å². The zero-order valence-corrected chi connectivity index (χ0v) is 20.9. The minimum absolute atomic E-state index is 0.0128. The number of hydrogen-bond donors (Lipinski definition) is 3. The number of benzene rings is 1. The number of likely N-dealkylation sites (N-methyl/N-ethyl adjacent to an activating group) is 1. The van der Waals surface area contributed by atoms with E-state index in [2.05, 4.69) is 19.6 Å². The molecule has 1 aliphatic heterocycles. The summed E-state index contributed by atoms with van der Waals surface area (Å²) in [6.45, 7) is 4.72. The van der Waals surface area contributed by atoms with Gasteiger partial charge in [-0.25, -0.2) is 13.4 Å². The van der Waals surface area contributed by atoms with Crippen LogP contribution in [0.5, 0.6) is 0 Å². The third-order valence-corrected chi connectivity index (χ3v) is 8.46. The van der Waals surface area contributed by atoms with E-state index in [1.54, 1.807) is 11.0 Å². The van der Waals surface area contributed by atoms with E-state index in [-0.39, 0.29) is 28.5 Å². The highest BCUT2D eigenvalue weighted by Crippen LogP contribution is 2.38. The van der Waals surface area contributed by atoms with Crippen LogP contribution in [0, 0.1) is 5.92 Å². The number of rotatable bonds is 5. The van der Waals surface area contributed by atoms with Crippen LogP contribution in [-0.4, -0.2) is 73.8 Å². The van der Waals surface area contributed by atoms with Crippen LogP contribution in [0.3, 0.4) is 0 Å². The molecule has 1 aromatic carbocycles. The van der Waals surface area contributed by atoms with E-state index in [9.17, 15) is 13.2 Å². The summed E-state index contributed by atoms with van der Waals surface area (Å²) in [5, 5.41) is 1.30. The molecule has 1 saturated heterocycles. The van der Waals surface area contributed by atoms with E-state index in [1.807, 2.05) is 14.0 Å². The summed E-state index contributed by atoms with van der Waals surface area (Å²) in [4.78, 5) is 25.7. The molecule has 0 bridgehead atoms. The first-order valence-corrected chi connectivity index (χ1v) is 13.1. The first-order chi connectivity index (χ1) is 16.0. The van der Waals surface area contributed by atoms with Crippen LogP contribution in [0.15, 0.2) is 34.3 Å². The fraction of sp³-hybridized carbons (Fsp3) is 0.500. The lowest BCUT2D eigenvalue weighted by Gasteiger charge is -2.39. The summed E-state index contributed by atoms with van der Waals surface area (Å²) >= 11 is 6.25. The zero-order chi connectivity index (χ0) is 24.7. The van der Waals surface area contributed by atoms with Crippen molar-refractivity contribution < 1.29 is 13.2 Å². The first kappa shape index (κ1) is 24.6. The van der Waals surface area contributed by atoms with Gasteiger partial charge in [0.05, 0.1) is 9.92 Å². The van der Waals surface area contributed by atoms with Gasteiger partial charge in [0, 0.05) is 43.1 Å². The summed E-state index contributed by atoms with van der Waals surface area (Å²) in [7, 11) is -2.05. The maximum atomic E-state index is 13.6. The number of aromatic nitrogens is 1. The van der Waals surface area contributed by atoms with E-state index in [0.29, 0.717) is 41.7 Å². The average molecular weight is 508 g/mol. The van der Waals surface area contributed by atoms with Gasteiger partial charge in [0.1, 0.15) is 5.54 Å². The number of nitrogens with zero attached hydrogens (tertiary/aromatic N) is 4. The molecule has 0 radical (unpaired) electrons. The molecule has 1 amide bonds. The van der Waals surface area contributed by atoms with Crippen molar-refractivity contribution in [1.82, 2.24) is 19.5 Å². The van der Waals surface area contributed by atoms with E-state index in [1.165, 1.54) is 18.3 Å². The molecule has 2 heterocycles. The van der Waals surface area contributed by atoms with E-state index in [4.69, 9.17) is 23.1 Å². The molecule has 2 fully saturated rings. The van der Waals surface area contributed by atoms with E-state index in [0.717, 1.165) is 19.5 Å². The molecule has 4 rings (SSSR count). The standard InChI is InChI=1S/C22H30ClN7O3S/c1-14-5-6-22(12-14,20(31)30-9-7-29(2)8-10-30)28-34(32,33)15-3-4-16-17(11-15)19(27-21(24)25)26-13-18(16)23/h3-4,11,13-14,28H,5-10,12H2,1-2H3,(H4,24,25,26,27)/t14-,22?/m0/s1. The molecular formula is C22H30ClN7O3S. The lowest BCUT2D eigenvalue weighted by atomic mass is 9.95. The Morgan fingerprint density at radius 1 is 1.24 bits per heavy atom. The molecule has 10 nitrogen and oxygen atoms in total. The molecule has 2 atom stereocenters. The molecule has 1 aliphatic carbocycles. The van der Waals surface area contributed by atoms with Crippen LogP contribution in [0.25, 0.3) is 10.8 Å². The molecular weight excluding hydrogens is 478 g/mol. The fourth-order valence-electron chi connectivity index (χ4n) is 4.80. The number of aliphatic imine (C=N–C) groups is 1. The lowest BCUT2D eigenvalue weighted by Crippen LogP contribution is -2.61. The van der Waals surface area contributed by atoms with Gasteiger partial charge in [0.25, 0.3) is 0 Å². The van der Waals surface area contributed by atoms with Gasteiger partial charge in [0.15, 0.2) is 11.8 Å². The number of guanidine groups is 1. The lowest BCUT2D eigenvalue weighted by molar-refractivity contribution is -0.139. The molecule has 5 N–H and O–H groups in total. The van der Waals surface area contributed by atoms with Gasteiger partial charge in [-0.15, -0.1) is 0 Å². The molecule has 0 spiro atoms. The number of pyridine rings is 1. The number of nitrogens with two attached hydrogens (primary N) is 2. The number of halogens is 1. The minimum atomic E-state index is -4.06. The van der Waals surface area contributed by atoms with Crippen LogP contribution in [0.1, 0.15) is 26.2 Å². The Hall–Kier alpha value is -2.47. The monoisotopic (exact) mass is 507 g/mol. The Labute approximate surface area is 204 Å². The SMILES string of the molecule is C[C@H]1CCC(NS(=O)(=O)c2ccc3c(Cl)cnc(N=C(N)N)c3c2)(C(=O)N2CCN(C)CC2)C1. The predicted octanol–water partition coefficient (Wildman–Crippen LogP) is 1.40. The van der Waals surface area contributed by atoms with Gasteiger partial charge in [0.2, 0.25) is 15.9 Å². The van der Waals surface area contributed by atoms with Gasteiger partial charge in [-0.1, -0.05) is 24.6 Å². The van der Waals surface area contributed by atoms with Crippen molar-refractivity contribution in [3.05, 3.63) is 29.4 Å². The van der Waals surface area contributed by atoms with Gasteiger partial charge in [-0.3, -0.25) is 4.79 Å². The summed E-state index contributed by atoms with van der Waals surface area (Å²) in [6.07, 6.45) is 3.09. The summed E-state index contributed by atoms with van der Waals surface area (Å²) in [5.41, 5.74) is 9.85. The van der Waals surface area contributed by atoms with Crippen molar-refractivity contribution >= 4 is 50.1 Å². The van der Waals surface area contributed by atoms with Gasteiger partial charge in [-0.2, -0.15) is 9.71 Å². The molecule has 1 aromatic heterocycles. The molecule has 34 heavy (non-hydrogen) atoms. The highest BCUT2D eigenvalue weighted by molar-refractivity contribution is 7.89. The van der Waals surface area contributed by atoms with Crippen molar-refractivity contribution in [2.24, 2.45) is 22.4 Å². The van der Waals surface area contributed by atoms with E-state index >= 15 is 0 Å². The van der Waals surface area contributed by atoms with Gasteiger partial charge in [-0.05, 0) is 44.4 Å². The molecule has 1 unspecified atom stereocenters.